The zero-order valence-electron chi connectivity index (χ0n) is 20.6. The van der Waals surface area contributed by atoms with Crippen molar-refractivity contribution in [3.8, 4) is 0 Å². The van der Waals surface area contributed by atoms with E-state index in [-0.39, 0.29) is 0 Å². The van der Waals surface area contributed by atoms with E-state index in [1.165, 1.54) is 64.2 Å². The van der Waals surface area contributed by atoms with Crippen LogP contribution in [0.15, 0.2) is 0 Å². The second kappa shape index (κ2) is 21.2. The Bertz CT molecular complexity index is 520. The fourth-order valence-electron chi connectivity index (χ4n) is 3.48. The van der Waals surface area contributed by atoms with Gasteiger partial charge in [-0.15, -0.1) is 0 Å². The molecule has 0 atom stereocenters. The number of hydrogen-bond donors (Lipinski definition) is 6. The Morgan fingerprint density at radius 1 is 0.500 bits per heavy atom. The summed E-state index contributed by atoms with van der Waals surface area (Å²) in [5, 5.41) is 16.1. The number of nitrogens with zero attached hydrogens (tertiary/aromatic N) is 3. The first-order chi connectivity index (χ1) is 15.8. The minimum Gasteiger partial charge on any atom is -0.357 e. The van der Waals surface area contributed by atoms with E-state index >= 15 is 0 Å². The van der Waals surface area contributed by atoms with Gasteiger partial charge in [-0.2, -0.15) is 15.0 Å². The van der Waals surface area contributed by atoms with Gasteiger partial charge in [0.1, 0.15) is 0 Å². The lowest BCUT2D eigenvalue weighted by atomic mass is 10.1. The molecule has 32 heavy (non-hydrogen) atoms. The predicted octanol–water partition coefficient (Wildman–Crippen LogP) is 3.19. The molecule has 0 aliphatic rings. The number of unbranched alkanes of at least 4 members (excludes halogenated alkanes) is 9. The molecule has 0 amide bonds. The van der Waals surface area contributed by atoms with Crippen LogP contribution in [0.5, 0.6) is 0 Å². The minimum absolute atomic E-state index is 0.562. The zero-order valence-corrected chi connectivity index (χ0v) is 20.6. The average molecular weight is 452 g/mol. The Kier molecular flexibility index (Phi) is 18.7. The van der Waals surface area contributed by atoms with E-state index in [0.717, 1.165) is 52.1 Å². The maximum atomic E-state index is 5.48. The summed E-state index contributed by atoms with van der Waals surface area (Å²) in [6, 6.07) is 0. The van der Waals surface area contributed by atoms with Crippen molar-refractivity contribution in [2.24, 2.45) is 5.73 Å². The highest BCUT2D eigenvalue weighted by molar-refractivity contribution is 5.41. The first-order valence-electron chi connectivity index (χ1n) is 12.8. The lowest BCUT2D eigenvalue weighted by molar-refractivity contribution is 0.531. The van der Waals surface area contributed by atoms with E-state index in [4.69, 9.17) is 5.73 Å². The van der Waals surface area contributed by atoms with Crippen LogP contribution >= 0.6 is 0 Å². The Hall–Kier alpha value is -1.71. The summed E-state index contributed by atoms with van der Waals surface area (Å²) in [5.41, 5.74) is 5.48. The quantitative estimate of drug-likeness (QED) is 0.139. The standard InChI is InChI=1S/C23H49N9/c1-25-21-30-22(26-2)32-23(31-21)29-20-14-19-28-17-12-10-8-6-4-3-5-7-9-11-16-27-18-13-15-24/h27-28H,3-20,24H2,1-2H3,(H3,25,26,29,30,31,32). The molecule has 9 nitrogen and oxygen atoms in total. The highest BCUT2D eigenvalue weighted by Crippen LogP contribution is 2.10. The molecule has 0 unspecified atom stereocenters. The molecule has 0 bridgehead atoms. The van der Waals surface area contributed by atoms with Crippen LogP contribution in [-0.4, -0.2) is 68.3 Å². The van der Waals surface area contributed by atoms with Gasteiger partial charge in [0.25, 0.3) is 0 Å². The van der Waals surface area contributed by atoms with Gasteiger partial charge in [0.2, 0.25) is 17.8 Å². The monoisotopic (exact) mass is 451 g/mol. The molecule has 186 valence electrons. The van der Waals surface area contributed by atoms with Crippen LogP contribution < -0.4 is 32.3 Å². The first kappa shape index (κ1) is 28.3. The first-order valence-corrected chi connectivity index (χ1v) is 12.8. The molecule has 0 fully saturated rings. The summed E-state index contributed by atoms with van der Waals surface area (Å²) in [7, 11) is 3.60. The van der Waals surface area contributed by atoms with Gasteiger partial charge in [-0.3, -0.25) is 0 Å². The lowest BCUT2D eigenvalue weighted by Crippen LogP contribution is -2.20. The third-order valence-corrected chi connectivity index (χ3v) is 5.41. The van der Waals surface area contributed by atoms with Gasteiger partial charge in [-0.05, 0) is 58.4 Å². The molecule has 0 aliphatic heterocycles. The third-order valence-electron chi connectivity index (χ3n) is 5.41. The second-order valence-corrected chi connectivity index (χ2v) is 8.26. The average Bonchev–Trinajstić information content (AvgIpc) is 2.82. The fraction of sp³-hybridized carbons (Fsp3) is 0.870. The number of nitrogens with one attached hydrogen (secondary N) is 5. The largest absolute Gasteiger partial charge is 0.357 e. The summed E-state index contributed by atoms with van der Waals surface area (Å²) in [4.78, 5) is 12.8. The molecule has 0 aliphatic carbocycles. The molecule has 7 N–H and O–H groups in total. The zero-order chi connectivity index (χ0) is 23.1. The minimum atomic E-state index is 0.562. The van der Waals surface area contributed by atoms with E-state index in [1.54, 1.807) is 14.1 Å². The normalized spacial score (nSPS) is 11.0. The Labute approximate surface area is 195 Å². The Morgan fingerprint density at radius 3 is 1.38 bits per heavy atom. The molecule has 0 aromatic carbocycles. The van der Waals surface area contributed by atoms with Crippen molar-refractivity contribution in [2.45, 2.75) is 77.0 Å². The number of rotatable bonds is 23. The van der Waals surface area contributed by atoms with Crippen molar-refractivity contribution in [3.05, 3.63) is 0 Å². The molecule has 0 saturated heterocycles. The van der Waals surface area contributed by atoms with E-state index in [1.807, 2.05) is 0 Å². The van der Waals surface area contributed by atoms with Gasteiger partial charge in [0, 0.05) is 20.6 Å². The number of nitrogens with two attached hydrogens (primary N) is 1. The number of aromatic nitrogens is 3. The van der Waals surface area contributed by atoms with E-state index < -0.39 is 0 Å². The molecule has 0 spiro atoms. The van der Waals surface area contributed by atoms with Crippen LogP contribution in [-0.2, 0) is 0 Å². The maximum absolute atomic E-state index is 5.48. The van der Waals surface area contributed by atoms with Crippen LogP contribution in [0, 0.1) is 0 Å². The molecule has 0 radical (unpaired) electrons. The molecule has 9 heteroatoms. The predicted molar refractivity (Wildman–Crippen MR) is 138 cm³/mol. The molecule has 1 rings (SSSR count). The van der Waals surface area contributed by atoms with Gasteiger partial charge >= 0.3 is 0 Å². The van der Waals surface area contributed by atoms with Crippen LogP contribution in [0.25, 0.3) is 0 Å². The number of hydrogen-bond acceptors (Lipinski definition) is 9. The topological polar surface area (TPSA) is 125 Å². The molecule has 1 aromatic heterocycles. The van der Waals surface area contributed by atoms with Crippen molar-refractivity contribution in [3.63, 3.8) is 0 Å². The van der Waals surface area contributed by atoms with Gasteiger partial charge in [-0.1, -0.05) is 51.4 Å². The van der Waals surface area contributed by atoms with Crippen molar-refractivity contribution < 1.29 is 0 Å². The summed E-state index contributed by atoms with van der Waals surface area (Å²) in [5.74, 6) is 1.73. The second-order valence-electron chi connectivity index (χ2n) is 8.26. The number of anilines is 3. The highest BCUT2D eigenvalue weighted by atomic mass is 15.3. The smallest absolute Gasteiger partial charge is 0.229 e. The molecule has 0 saturated carbocycles. The Balaban J connectivity index is 1.80. The molecular weight excluding hydrogens is 402 g/mol. The molecule has 1 heterocycles. The van der Waals surface area contributed by atoms with Crippen LogP contribution in [0.3, 0.4) is 0 Å². The summed E-state index contributed by atoms with van der Waals surface area (Å²) in [6.45, 7) is 5.98. The molecular formula is C23H49N9. The van der Waals surface area contributed by atoms with E-state index in [2.05, 4.69) is 41.5 Å². The SMILES string of the molecule is CNc1nc(NC)nc(NCCCNCCCCCCCCCCCCNCCCN)n1. The van der Waals surface area contributed by atoms with Crippen molar-refractivity contribution >= 4 is 17.8 Å². The lowest BCUT2D eigenvalue weighted by Gasteiger charge is -2.09. The summed E-state index contributed by atoms with van der Waals surface area (Å²) in [6.07, 6.45) is 15.8. The fourth-order valence-corrected chi connectivity index (χ4v) is 3.48. The van der Waals surface area contributed by atoms with E-state index in [9.17, 15) is 0 Å². The van der Waals surface area contributed by atoms with Crippen LogP contribution in [0.2, 0.25) is 0 Å². The van der Waals surface area contributed by atoms with Crippen LogP contribution in [0.4, 0.5) is 17.8 Å². The van der Waals surface area contributed by atoms with Crippen molar-refractivity contribution in [1.29, 1.82) is 0 Å². The summed E-state index contributed by atoms with van der Waals surface area (Å²) < 4.78 is 0. The highest BCUT2D eigenvalue weighted by Gasteiger charge is 2.03. The maximum Gasteiger partial charge on any atom is 0.229 e. The van der Waals surface area contributed by atoms with Gasteiger partial charge in [0.15, 0.2) is 0 Å². The van der Waals surface area contributed by atoms with Crippen molar-refractivity contribution in [2.75, 3.05) is 69.3 Å². The third kappa shape index (κ3) is 16.0. The van der Waals surface area contributed by atoms with E-state index in [0.29, 0.717) is 17.8 Å². The van der Waals surface area contributed by atoms with Gasteiger partial charge in [0.05, 0.1) is 0 Å². The van der Waals surface area contributed by atoms with Gasteiger partial charge < -0.3 is 32.3 Å². The van der Waals surface area contributed by atoms with Gasteiger partial charge in [-0.25, -0.2) is 0 Å². The van der Waals surface area contributed by atoms with Crippen LogP contribution in [0.1, 0.15) is 77.0 Å². The summed E-state index contributed by atoms with van der Waals surface area (Å²) >= 11 is 0. The van der Waals surface area contributed by atoms with Crippen molar-refractivity contribution in [1.82, 2.24) is 25.6 Å². The Morgan fingerprint density at radius 2 is 0.906 bits per heavy atom. The molecule has 1 aromatic rings.